The van der Waals surface area contributed by atoms with Crippen LogP contribution in [0, 0.1) is 5.82 Å². The lowest BCUT2D eigenvalue weighted by molar-refractivity contribution is 0.0959. The Morgan fingerprint density at radius 3 is 2.84 bits per heavy atom. The molecule has 3 rings (SSSR count). The summed E-state index contributed by atoms with van der Waals surface area (Å²) in [5, 5.41) is 0.410. The maximum Gasteiger partial charge on any atom is 0.281 e. The number of carbonyl (C=O) groups excluding carboxylic acids is 1. The first-order valence-electron chi connectivity index (χ1n) is 5.58. The monoisotopic (exact) mass is 318 g/mol. The van der Waals surface area contributed by atoms with Gasteiger partial charge in [-0.1, -0.05) is 22.0 Å². The molecule has 0 saturated heterocycles. The van der Waals surface area contributed by atoms with Gasteiger partial charge in [-0.3, -0.25) is 14.3 Å². The maximum atomic E-state index is 13.8. The summed E-state index contributed by atoms with van der Waals surface area (Å²) in [4.78, 5) is 16.3. The molecule has 94 valence electrons. The number of carbonyl (C=O) groups is 1. The summed E-state index contributed by atoms with van der Waals surface area (Å²) in [6.07, 6.45) is 2.72. The first-order valence-corrected chi connectivity index (χ1v) is 6.38. The number of nitrogens with zero attached hydrogens (tertiary/aromatic N) is 2. The second-order valence-corrected chi connectivity index (χ2v) is 4.94. The van der Waals surface area contributed by atoms with Gasteiger partial charge in [-0.15, -0.1) is 0 Å². The second kappa shape index (κ2) is 4.59. The van der Waals surface area contributed by atoms with Crippen molar-refractivity contribution in [2.45, 2.75) is 0 Å². The van der Waals surface area contributed by atoms with E-state index in [2.05, 4.69) is 20.9 Å². The molecular weight excluding hydrogens is 311 g/mol. The van der Waals surface area contributed by atoms with Crippen LogP contribution in [0.1, 0.15) is 10.5 Å². The number of halogens is 2. The standard InChI is InChI=1S/C14H8BrFN2O/c15-9-4-5-10-11(16)8-18(13(10)7-9)14(19)12-3-1-2-6-17-12/h1-8H. The van der Waals surface area contributed by atoms with Gasteiger partial charge >= 0.3 is 0 Å². The van der Waals surface area contributed by atoms with Crippen LogP contribution in [-0.2, 0) is 0 Å². The van der Waals surface area contributed by atoms with Crippen LogP contribution < -0.4 is 0 Å². The largest absolute Gasteiger partial charge is 0.281 e. The van der Waals surface area contributed by atoms with Crippen LogP contribution in [0.5, 0.6) is 0 Å². The molecule has 0 radical (unpaired) electrons. The lowest BCUT2D eigenvalue weighted by Crippen LogP contribution is -2.12. The highest BCUT2D eigenvalue weighted by Crippen LogP contribution is 2.24. The van der Waals surface area contributed by atoms with E-state index in [1.165, 1.54) is 17.0 Å². The van der Waals surface area contributed by atoms with Gasteiger partial charge in [0.2, 0.25) is 0 Å². The summed E-state index contributed by atoms with van der Waals surface area (Å²) >= 11 is 3.32. The molecule has 2 heterocycles. The van der Waals surface area contributed by atoms with Crippen molar-refractivity contribution < 1.29 is 9.18 Å². The molecule has 0 aliphatic rings. The van der Waals surface area contributed by atoms with Crippen LogP contribution in [0.3, 0.4) is 0 Å². The zero-order chi connectivity index (χ0) is 13.4. The molecule has 19 heavy (non-hydrogen) atoms. The number of pyridine rings is 1. The van der Waals surface area contributed by atoms with Gasteiger partial charge in [-0.25, -0.2) is 4.39 Å². The maximum absolute atomic E-state index is 13.8. The Labute approximate surface area is 116 Å². The fourth-order valence-corrected chi connectivity index (χ4v) is 2.29. The van der Waals surface area contributed by atoms with Gasteiger partial charge in [0.05, 0.1) is 5.52 Å². The number of aromatic nitrogens is 2. The van der Waals surface area contributed by atoms with Crippen LogP contribution in [0.25, 0.3) is 10.9 Å². The van der Waals surface area contributed by atoms with Gasteiger partial charge in [0, 0.05) is 22.3 Å². The summed E-state index contributed by atoms with van der Waals surface area (Å²) in [6, 6.07) is 10.1. The number of rotatable bonds is 1. The average molecular weight is 319 g/mol. The van der Waals surface area contributed by atoms with Gasteiger partial charge in [0.15, 0.2) is 0 Å². The van der Waals surface area contributed by atoms with Crippen molar-refractivity contribution in [3.05, 3.63) is 64.8 Å². The van der Waals surface area contributed by atoms with Crippen molar-refractivity contribution >= 4 is 32.7 Å². The predicted molar refractivity (Wildman–Crippen MR) is 73.6 cm³/mol. The van der Waals surface area contributed by atoms with E-state index in [0.717, 1.165) is 4.47 Å². The molecule has 0 fully saturated rings. The van der Waals surface area contributed by atoms with E-state index in [0.29, 0.717) is 10.9 Å². The van der Waals surface area contributed by atoms with E-state index >= 15 is 0 Å². The molecule has 1 aromatic carbocycles. The molecule has 3 aromatic rings. The van der Waals surface area contributed by atoms with Gasteiger partial charge < -0.3 is 0 Å². The Hall–Kier alpha value is -2.01. The van der Waals surface area contributed by atoms with Crippen LogP contribution in [0.2, 0.25) is 0 Å². The third-order valence-electron chi connectivity index (χ3n) is 2.82. The Balaban J connectivity index is 2.21. The van der Waals surface area contributed by atoms with Crippen molar-refractivity contribution in [1.29, 1.82) is 0 Å². The SMILES string of the molecule is O=C(c1ccccn1)n1cc(F)c2ccc(Br)cc21. The van der Waals surface area contributed by atoms with Gasteiger partial charge in [0.25, 0.3) is 5.91 Å². The molecule has 3 nitrogen and oxygen atoms in total. The normalized spacial score (nSPS) is 10.8. The Kier molecular flexibility index (Phi) is 2.91. The molecule has 0 spiro atoms. The zero-order valence-electron chi connectivity index (χ0n) is 9.68. The highest BCUT2D eigenvalue weighted by Gasteiger charge is 2.16. The van der Waals surface area contributed by atoms with Crippen LogP contribution in [0.4, 0.5) is 4.39 Å². The second-order valence-electron chi connectivity index (χ2n) is 4.03. The number of benzene rings is 1. The van der Waals surface area contributed by atoms with Crippen LogP contribution in [0.15, 0.2) is 53.3 Å². The zero-order valence-corrected chi connectivity index (χ0v) is 11.3. The van der Waals surface area contributed by atoms with Gasteiger partial charge in [-0.2, -0.15) is 0 Å². The molecule has 0 aliphatic heterocycles. The minimum absolute atomic E-state index is 0.277. The number of hydrogen-bond acceptors (Lipinski definition) is 2. The predicted octanol–water partition coefficient (Wildman–Crippen LogP) is 3.63. The van der Waals surface area contributed by atoms with Crippen LogP contribution >= 0.6 is 15.9 Å². The summed E-state index contributed by atoms with van der Waals surface area (Å²) in [5.74, 6) is -0.778. The first-order chi connectivity index (χ1) is 9.16. The lowest BCUT2D eigenvalue weighted by atomic mass is 10.2. The molecule has 0 unspecified atom stereocenters. The van der Waals surface area contributed by atoms with Crippen molar-refractivity contribution in [2.75, 3.05) is 0 Å². The van der Waals surface area contributed by atoms with Gasteiger partial charge in [0.1, 0.15) is 11.5 Å². The topological polar surface area (TPSA) is 34.9 Å². The minimum atomic E-state index is -0.424. The smallest absolute Gasteiger partial charge is 0.279 e. The van der Waals surface area contributed by atoms with Crippen LogP contribution in [-0.4, -0.2) is 15.5 Å². The van der Waals surface area contributed by atoms with E-state index in [9.17, 15) is 9.18 Å². The molecule has 0 aliphatic carbocycles. The molecule has 2 aromatic heterocycles. The summed E-state index contributed by atoms with van der Waals surface area (Å²) in [6.45, 7) is 0. The molecule has 0 atom stereocenters. The highest BCUT2D eigenvalue weighted by atomic mass is 79.9. The molecule has 0 amide bonds. The fourth-order valence-electron chi connectivity index (χ4n) is 1.94. The fraction of sp³-hybridized carbons (Fsp3) is 0. The molecular formula is C14H8BrFN2O. The van der Waals surface area contributed by atoms with Crippen molar-refractivity contribution in [3.8, 4) is 0 Å². The summed E-state index contributed by atoms with van der Waals surface area (Å²) < 4.78 is 15.9. The van der Waals surface area contributed by atoms with E-state index in [1.807, 2.05) is 0 Å². The van der Waals surface area contributed by atoms with Crippen molar-refractivity contribution in [3.63, 3.8) is 0 Å². The minimum Gasteiger partial charge on any atom is -0.279 e. The molecule has 0 N–H and O–H groups in total. The quantitative estimate of drug-likeness (QED) is 0.686. The highest BCUT2D eigenvalue weighted by molar-refractivity contribution is 9.10. The lowest BCUT2D eigenvalue weighted by Gasteiger charge is -2.03. The molecule has 0 saturated carbocycles. The van der Waals surface area contributed by atoms with E-state index in [4.69, 9.17) is 0 Å². The summed E-state index contributed by atoms with van der Waals surface area (Å²) in [5.41, 5.74) is 0.793. The van der Waals surface area contributed by atoms with E-state index in [-0.39, 0.29) is 11.6 Å². The van der Waals surface area contributed by atoms with Gasteiger partial charge in [-0.05, 0) is 30.3 Å². The average Bonchev–Trinajstić information content (AvgIpc) is 2.75. The number of hydrogen-bond donors (Lipinski definition) is 0. The third kappa shape index (κ3) is 2.06. The Morgan fingerprint density at radius 2 is 2.11 bits per heavy atom. The molecule has 0 bridgehead atoms. The van der Waals surface area contributed by atoms with E-state index in [1.54, 1.807) is 36.4 Å². The van der Waals surface area contributed by atoms with E-state index < -0.39 is 5.82 Å². The Bertz CT molecular complexity index is 768. The third-order valence-corrected chi connectivity index (χ3v) is 3.32. The van der Waals surface area contributed by atoms with Crippen molar-refractivity contribution in [2.24, 2.45) is 0 Å². The summed E-state index contributed by atoms with van der Waals surface area (Å²) in [7, 11) is 0. The first kappa shape index (κ1) is 12.0. The Morgan fingerprint density at radius 1 is 1.26 bits per heavy atom. The van der Waals surface area contributed by atoms with Crippen molar-refractivity contribution in [1.82, 2.24) is 9.55 Å². The number of fused-ring (bicyclic) bond motifs is 1. The molecule has 5 heteroatoms.